The van der Waals surface area contributed by atoms with E-state index in [1.807, 2.05) is 53.3 Å². The van der Waals surface area contributed by atoms with Crippen LogP contribution in [-0.2, 0) is 17.6 Å². The molecule has 0 atom stereocenters. The zero-order valence-electron chi connectivity index (χ0n) is 17.7. The van der Waals surface area contributed by atoms with Crippen LogP contribution in [0.2, 0.25) is 0 Å². The number of pyridine rings is 2. The van der Waals surface area contributed by atoms with Crippen molar-refractivity contribution in [3.8, 4) is 11.3 Å². The maximum absolute atomic E-state index is 13.0. The number of amides is 1. The van der Waals surface area contributed by atoms with Gasteiger partial charge in [0, 0.05) is 23.7 Å². The number of aromatic amines is 2. The maximum atomic E-state index is 13.0. The first-order valence-corrected chi connectivity index (χ1v) is 10.4. The van der Waals surface area contributed by atoms with E-state index in [1.54, 1.807) is 0 Å². The normalized spacial score (nSPS) is 13.1. The van der Waals surface area contributed by atoms with Crippen molar-refractivity contribution in [1.29, 1.82) is 0 Å². The van der Waals surface area contributed by atoms with Gasteiger partial charge in [-0.05, 0) is 36.1 Å². The van der Waals surface area contributed by atoms with Crippen molar-refractivity contribution in [2.75, 3.05) is 0 Å². The van der Waals surface area contributed by atoms with E-state index in [0.29, 0.717) is 5.82 Å². The van der Waals surface area contributed by atoms with Crippen molar-refractivity contribution < 1.29 is 37.3 Å². The van der Waals surface area contributed by atoms with Gasteiger partial charge in [-0.25, -0.2) is 9.97 Å². The molecule has 0 bridgehead atoms. The SMILES string of the molecule is O=C(NC1Cc2ccccc2C1)c1[nH]c(-c2cc[nH+]cc2)c2cccc[n+]12.O=C([O-])C(F)(F)F. The van der Waals surface area contributed by atoms with E-state index in [9.17, 15) is 18.0 Å². The highest BCUT2D eigenvalue weighted by atomic mass is 19.4. The first-order valence-electron chi connectivity index (χ1n) is 10.4. The Morgan fingerprint density at radius 2 is 1.59 bits per heavy atom. The number of alkyl halides is 3. The Bertz CT molecular complexity index is 1310. The van der Waals surface area contributed by atoms with Gasteiger partial charge < -0.3 is 15.2 Å². The summed E-state index contributed by atoms with van der Waals surface area (Å²) in [7, 11) is 0. The predicted octanol–water partition coefficient (Wildman–Crippen LogP) is 1.43. The third-order valence-corrected chi connectivity index (χ3v) is 5.44. The number of carbonyl (C=O) groups excluding carboxylic acids is 2. The number of hydrogen-bond donors (Lipinski definition) is 2. The molecule has 1 aromatic carbocycles. The minimum absolute atomic E-state index is 0.0808. The van der Waals surface area contributed by atoms with Gasteiger partial charge in [-0.2, -0.15) is 17.6 Å². The smallest absolute Gasteiger partial charge is 0.430 e. The summed E-state index contributed by atoms with van der Waals surface area (Å²) in [5.74, 6) is -2.54. The molecule has 1 amide bonds. The van der Waals surface area contributed by atoms with Crippen LogP contribution < -0.4 is 19.8 Å². The Morgan fingerprint density at radius 3 is 2.18 bits per heavy atom. The number of carbonyl (C=O) groups is 2. The molecule has 0 aliphatic heterocycles. The molecule has 7 nitrogen and oxygen atoms in total. The Kier molecular flexibility index (Phi) is 6.31. The second-order valence-corrected chi connectivity index (χ2v) is 7.73. The molecule has 0 spiro atoms. The molecule has 1 aliphatic carbocycles. The number of imidazole rings is 1. The van der Waals surface area contributed by atoms with Crippen LogP contribution in [0.1, 0.15) is 21.7 Å². The quantitative estimate of drug-likeness (QED) is 0.444. The number of aromatic nitrogens is 3. The van der Waals surface area contributed by atoms with Crippen LogP contribution in [0, 0.1) is 0 Å². The highest BCUT2D eigenvalue weighted by Crippen LogP contribution is 2.23. The molecular weight excluding hydrogens is 449 g/mol. The largest absolute Gasteiger partial charge is 0.542 e. The average molecular weight is 469 g/mol. The fourth-order valence-corrected chi connectivity index (χ4v) is 3.94. The number of H-pyrrole nitrogens is 2. The van der Waals surface area contributed by atoms with E-state index in [0.717, 1.165) is 29.6 Å². The summed E-state index contributed by atoms with van der Waals surface area (Å²) in [5, 5.41) is 12.0. The zero-order chi connectivity index (χ0) is 24.3. The zero-order valence-corrected chi connectivity index (χ0v) is 17.7. The van der Waals surface area contributed by atoms with Gasteiger partial charge in [0.15, 0.2) is 23.6 Å². The highest BCUT2D eigenvalue weighted by Gasteiger charge is 2.30. The van der Waals surface area contributed by atoms with Crippen LogP contribution in [0.4, 0.5) is 13.2 Å². The number of halogens is 3. The summed E-state index contributed by atoms with van der Waals surface area (Å²) in [6.07, 6.45) is 2.25. The maximum Gasteiger partial charge on any atom is 0.430 e. The molecule has 5 rings (SSSR count). The van der Waals surface area contributed by atoms with Crippen molar-refractivity contribution in [3.63, 3.8) is 0 Å². The standard InChI is InChI=1S/C22H18N4O.C2HF3O2/c27-22(24-18-13-16-5-1-2-6-17(16)14-18)21-25-20(15-8-10-23-11-9-15)19-7-3-4-12-26(19)21;3-2(4,5)1(6)7/h1-12,18H,13-14H2,(H,24,27);(H,6,7)/p+1. The van der Waals surface area contributed by atoms with Crippen molar-refractivity contribution in [3.05, 3.63) is 90.1 Å². The second-order valence-electron chi connectivity index (χ2n) is 7.73. The summed E-state index contributed by atoms with van der Waals surface area (Å²) >= 11 is 0. The molecule has 10 heteroatoms. The van der Waals surface area contributed by atoms with Crippen LogP contribution in [0.3, 0.4) is 0 Å². The molecule has 0 unspecified atom stereocenters. The number of benzene rings is 1. The van der Waals surface area contributed by atoms with E-state index in [1.165, 1.54) is 11.1 Å². The van der Waals surface area contributed by atoms with Gasteiger partial charge in [0.2, 0.25) is 0 Å². The number of aliphatic carboxylic acids is 1. The Labute approximate surface area is 191 Å². The molecule has 0 saturated heterocycles. The van der Waals surface area contributed by atoms with Crippen LogP contribution >= 0.6 is 0 Å². The summed E-state index contributed by atoms with van der Waals surface area (Å²) in [4.78, 5) is 28.2. The topological polar surface area (TPSA) is 103 Å². The summed E-state index contributed by atoms with van der Waals surface area (Å²) in [6, 6.07) is 18.5. The average Bonchev–Trinajstić information content (AvgIpc) is 3.40. The van der Waals surface area contributed by atoms with Gasteiger partial charge in [-0.3, -0.25) is 4.79 Å². The first-order chi connectivity index (χ1) is 16.2. The lowest BCUT2D eigenvalue weighted by Gasteiger charge is -2.09. The van der Waals surface area contributed by atoms with Gasteiger partial charge in [0.1, 0.15) is 5.97 Å². The number of nitrogens with zero attached hydrogens (tertiary/aromatic N) is 1. The molecule has 4 aromatic rings. The van der Waals surface area contributed by atoms with Crippen LogP contribution in [0.15, 0.2) is 73.2 Å². The number of fused-ring (bicyclic) bond motifs is 2. The summed E-state index contributed by atoms with van der Waals surface area (Å²) in [6.45, 7) is 0. The van der Waals surface area contributed by atoms with Gasteiger partial charge >= 0.3 is 17.9 Å². The molecule has 0 saturated carbocycles. The predicted molar refractivity (Wildman–Crippen MR) is 112 cm³/mol. The third-order valence-electron chi connectivity index (χ3n) is 5.44. The van der Waals surface area contributed by atoms with Crippen molar-refractivity contribution in [1.82, 2.24) is 10.3 Å². The number of carboxylic acids is 1. The van der Waals surface area contributed by atoms with Crippen molar-refractivity contribution in [2.24, 2.45) is 0 Å². The van der Waals surface area contributed by atoms with E-state index in [4.69, 9.17) is 9.90 Å². The number of nitrogens with one attached hydrogen (secondary N) is 3. The molecule has 174 valence electrons. The van der Waals surface area contributed by atoms with Crippen LogP contribution in [0.25, 0.3) is 16.8 Å². The molecule has 34 heavy (non-hydrogen) atoms. The monoisotopic (exact) mass is 469 g/mol. The van der Waals surface area contributed by atoms with Crippen LogP contribution in [0.5, 0.6) is 0 Å². The Hall–Kier alpha value is -4.21. The third kappa shape index (κ3) is 4.90. The highest BCUT2D eigenvalue weighted by molar-refractivity contribution is 5.91. The van der Waals surface area contributed by atoms with E-state index in [2.05, 4.69) is 39.6 Å². The molecular formula is C24H20F3N4O3+. The van der Waals surface area contributed by atoms with Crippen molar-refractivity contribution in [2.45, 2.75) is 25.1 Å². The summed E-state index contributed by atoms with van der Waals surface area (Å²) < 4.78 is 33.5. The second kappa shape index (κ2) is 9.34. The lowest BCUT2D eigenvalue weighted by Crippen LogP contribution is -2.40. The molecule has 3 heterocycles. The number of carboxylic acid groups (broad SMARTS) is 1. The number of hydrogen-bond acceptors (Lipinski definition) is 3. The van der Waals surface area contributed by atoms with Crippen LogP contribution in [-0.4, -0.2) is 29.1 Å². The van der Waals surface area contributed by atoms with Gasteiger partial charge in [0.05, 0.1) is 6.20 Å². The lowest BCUT2D eigenvalue weighted by molar-refractivity contribution is -0.513. The molecule has 3 N–H and O–H groups in total. The fraction of sp³-hybridized carbons (Fsp3) is 0.167. The molecule has 1 aliphatic rings. The van der Waals surface area contributed by atoms with Crippen molar-refractivity contribution >= 4 is 17.4 Å². The van der Waals surface area contributed by atoms with E-state index < -0.39 is 12.1 Å². The minimum Gasteiger partial charge on any atom is -0.542 e. The lowest BCUT2D eigenvalue weighted by atomic mass is 10.1. The van der Waals surface area contributed by atoms with E-state index in [-0.39, 0.29) is 11.9 Å². The molecule has 3 aromatic heterocycles. The van der Waals surface area contributed by atoms with E-state index >= 15 is 0 Å². The number of rotatable bonds is 3. The Morgan fingerprint density at radius 1 is 1.00 bits per heavy atom. The van der Waals surface area contributed by atoms with Gasteiger partial charge in [0.25, 0.3) is 0 Å². The minimum atomic E-state index is -5.19. The van der Waals surface area contributed by atoms with Gasteiger partial charge in [-0.15, -0.1) is 0 Å². The first kappa shape index (κ1) is 23.0. The molecule has 0 fully saturated rings. The molecule has 0 radical (unpaired) electrons. The Balaban J connectivity index is 0.000000344. The van der Waals surface area contributed by atoms with Gasteiger partial charge in [-0.1, -0.05) is 30.3 Å². The fourth-order valence-electron chi connectivity index (χ4n) is 3.94. The summed E-state index contributed by atoms with van der Waals surface area (Å²) in [5.41, 5.74) is 5.60.